The van der Waals surface area contributed by atoms with Crippen LogP contribution in [0.4, 0.5) is 0 Å². The SMILES string of the molecule is C[C@H](NC(c1cccs1)c1cccs1)c1ccccc1Cl. The molecular weight excluding hydrogens is 318 g/mol. The van der Waals surface area contributed by atoms with Gasteiger partial charge in [-0.1, -0.05) is 41.9 Å². The van der Waals surface area contributed by atoms with Crippen molar-refractivity contribution >= 4 is 34.3 Å². The van der Waals surface area contributed by atoms with E-state index in [1.807, 2.05) is 18.2 Å². The maximum atomic E-state index is 6.32. The van der Waals surface area contributed by atoms with Gasteiger partial charge in [-0.05, 0) is 41.4 Å². The van der Waals surface area contributed by atoms with Gasteiger partial charge in [0.1, 0.15) is 0 Å². The Kier molecular flexibility index (Phi) is 4.76. The number of nitrogens with one attached hydrogen (secondary N) is 1. The van der Waals surface area contributed by atoms with E-state index in [-0.39, 0.29) is 12.1 Å². The summed E-state index contributed by atoms with van der Waals surface area (Å²) in [6.07, 6.45) is 0. The number of halogens is 1. The molecule has 0 aliphatic heterocycles. The van der Waals surface area contributed by atoms with Gasteiger partial charge in [0.15, 0.2) is 0 Å². The molecule has 0 saturated heterocycles. The van der Waals surface area contributed by atoms with Crippen LogP contribution in [0.2, 0.25) is 5.02 Å². The summed E-state index contributed by atoms with van der Waals surface area (Å²) < 4.78 is 0. The molecule has 0 spiro atoms. The van der Waals surface area contributed by atoms with Gasteiger partial charge in [0, 0.05) is 20.8 Å². The third-order valence-corrected chi connectivity index (χ3v) is 5.66. The van der Waals surface area contributed by atoms with Crippen molar-refractivity contribution in [2.75, 3.05) is 0 Å². The molecular formula is C17H16ClNS2. The minimum atomic E-state index is 0.188. The standard InChI is InChI=1S/C17H16ClNS2/c1-12(13-6-2-3-7-14(13)18)19-17(15-8-4-10-20-15)16-9-5-11-21-16/h2-12,17,19H,1H3/t12-/m0/s1. The van der Waals surface area contributed by atoms with Gasteiger partial charge in [-0.15, -0.1) is 22.7 Å². The molecule has 1 nitrogen and oxygen atoms in total. The molecule has 1 atom stereocenters. The molecule has 3 rings (SSSR count). The molecule has 0 saturated carbocycles. The molecule has 4 heteroatoms. The molecule has 2 heterocycles. The van der Waals surface area contributed by atoms with Crippen LogP contribution in [0.1, 0.15) is 34.3 Å². The Morgan fingerprint density at radius 3 is 2.05 bits per heavy atom. The topological polar surface area (TPSA) is 12.0 Å². The van der Waals surface area contributed by atoms with Gasteiger partial charge in [0.05, 0.1) is 6.04 Å². The van der Waals surface area contributed by atoms with Crippen molar-refractivity contribution < 1.29 is 0 Å². The molecule has 1 N–H and O–H groups in total. The Bertz CT molecular complexity index is 642. The lowest BCUT2D eigenvalue weighted by Gasteiger charge is -2.23. The highest BCUT2D eigenvalue weighted by Gasteiger charge is 2.20. The van der Waals surface area contributed by atoms with Gasteiger partial charge >= 0.3 is 0 Å². The van der Waals surface area contributed by atoms with Crippen molar-refractivity contribution in [3.8, 4) is 0 Å². The third-order valence-electron chi connectivity index (χ3n) is 3.44. The highest BCUT2D eigenvalue weighted by atomic mass is 35.5. The summed E-state index contributed by atoms with van der Waals surface area (Å²) in [5.74, 6) is 0. The lowest BCUT2D eigenvalue weighted by Crippen LogP contribution is -2.24. The first-order valence-corrected chi connectivity index (χ1v) is 8.96. The monoisotopic (exact) mass is 333 g/mol. The van der Waals surface area contributed by atoms with E-state index in [0.717, 1.165) is 10.6 Å². The zero-order chi connectivity index (χ0) is 14.7. The summed E-state index contributed by atoms with van der Waals surface area (Å²) in [6, 6.07) is 17.0. The van der Waals surface area contributed by atoms with Gasteiger partial charge in [-0.3, -0.25) is 5.32 Å². The fourth-order valence-electron chi connectivity index (χ4n) is 2.38. The summed E-state index contributed by atoms with van der Waals surface area (Å²) in [5, 5.41) is 8.77. The smallest absolute Gasteiger partial charge is 0.0769 e. The summed E-state index contributed by atoms with van der Waals surface area (Å²) in [6.45, 7) is 2.16. The number of hydrogen-bond acceptors (Lipinski definition) is 3. The van der Waals surface area contributed by atoms with Crippen LogP contribution >= 0.6 is 34.3 Å². The first kappa shape index (κ1) is 14.8. The van der Waals surface area contributed by atoms with E-state index < -0.39 is 0 Å². The van der Waals surface area contributed by atoms with Crippen LogP contribution in [0.25, 0.3) is 0 Å². The van der Waals surface area contributed by atoms with Crippen LogP contribution in [0.5, 0.6) is 0 Å². The molecule has 1 aromatic carbocycles. The molecule has 108 valence electrons. The minimum Gasteiger partial charge on any atom is -0.298 e. The quantitative estimate of drug-likeness (QED) is 0.612. The molecule has 21 heavy (non-hydrogen) atoms. The average molecular weight is 334 g/mol. The van der Waals surface area contributed by atoms with Gasteiger partial charge in [0.2, 0.25) is 0 Å². The summed E-state index contributed by atoms with van der Waals surface area (Å²) >= 11 is 9.88. The van der Waals surface area contributed by atoms with Crippen LogP contribution in [0.15, 0.2) is 59.3 Å². The van der Waals surface area contributed by atoms with Crippen LogP contribution < -0.4 is 5.32 Å². The van der Waals surface area contributed by atoms with Crippen molar-refractivity contribution in [2.45, 2.75) is 19.0 Å². The third kappa shape index (κ3) is 3.38. The summed E-state index contributed by atoms with van der Waals surface area (Å²) in [7, 11) is 0. The van der Waals surface area contributed by atoms with Crippen LogP contribution in [0, 0.1) is 0 Å². The van der Waals surface area contributed by atoms with Crippen molar-refractivity contribution in [3.63, 3.8) is 0 Å². The maximum absolute atomic E-state index is 6.32. The summed E-state index contributed by atoms with van der Waals surface area (Å²) in [5.41, 5.74) is 1.14. The Hall–Kier alpha value is -1.13. The van der Waals surface area contributed by atoms with Crippen molar-refractivity contribution in [3.05, 3.63) is 79.6 Å². The minimum absolute atomic E-state index is 0.188. The Balaban J connectivity index is 1.87. The fraction of sp³-hybridized carbons (Fsp3) is 0.176. The zero-order valence-electron chi connectivity index (χ0n) is 11.6. The van der Waals surface area contributed by atoms with Crippen LogP contribution in [-0.2, 0) is 0 Å². The van der Waals surface area contributed by atoms with E-state index in [9.17, 15) is 0 Å². The molecule has 0 aliphatic carbocycles. The van der Waals surface area contributed by atoms with Crippen molar-refractivity contribution in [1.82, 2.24) is 5.32 Å². The Morgan fingerprint density at radius 1 is 0.905 bits per heavy atom. The molecule has 0 aliphatic rings. The van der Waals surface area contributed by atoms with Crippen LogP contribution in [-0.4, -0.2) is 0 Å². The first-order valence-electron chi connectivity index (χ1n) is 6.83. The molecule has 3 aromatic rings. The predicted molar refractivity (Wildman–Crippen MR) is 93.5 cm³/mol. The lowest BCUT2D eigenvalue weighted by atomic mass is 10.1. The maximum Gasteiger partial charge on any atom is 0.0769 e. The zero-order valence-corrected chi connectivity index (χ0v) is 14.0. The number of hydrogen-bond donors (Lipinski definition) is 1. The van der Waals surface area contributed by atoms with E-state index in [1.165, 1.54) is 9.75 Å². The van der Waals surface area contributed by atoms with E-state index in [2.05, 4.69) is 53.3 Å². The van der Waals surface area contributed by atoms with Gasteiger partial charge in [-0.2, -0.15) is 0 Å². The highest BCUT2D eigenvalue weighted by Crippen LogP contribution is 2.32. The average Bonchev–Trinajstić information content (AvgIpc) is 3.18. The lowest BCUT2D eigenvalue weighted by molar-refractivity contribution is 0.527. The molecule has 0 unspecified atom stereocenters. The normalized spacial score (nSPS) is 12.7. The Labute approximate surface area is 138 Å². The van der Waals surface area contributed by atoms with Gasteiger partial charge in [0.25, 0.3) is 0 Å². The second-order valence-electron chi connectivity index (χ2n) is 4.87. The largest absolute Gasteiger partial charge is 0.298 e. The second-order valence-corrected chi connectivity index (χ2v) is 7.24. The number of rotatable bonds is 5. The fourth-order valence-corrected chi connectivity index (χ4v) is 4.36. The van der Waals surface area contributed by atoms with Gasteiger partial charge < -0.3 is 0 Å². The number of benzene rings is 1. The van der Waals surface area contributed by atoms with Gasteiger partial charge in [-0.25, -0.2) is 0 Å². The predicted octanol–water partition coefficient (Wildman–Crippen LogP) is 5.90. The second kappa shape index (κ2) is 6.75. The van der Waals surface area contributed by atoms with E-state index >= 15 is 0 Å². The molecule has 0 amide bonds. The molecule has 0 fully saturated rings. The summed E-state index contributed by atoms with van der Waals surface area (Å²) in [4.78, 5) is 2.66. The molecule has 2 aromatic heterocycles. The van der Waals surface area contributed by atoms with Crippen LogP contribution in [0.3, 0.4) is 0 Å². The van der Waals surface area contributed by atoms with E-state index in [1.54, 1.807) is 22.7 Å². The number of thiophene rings is 2. The molecule has 0 radical (unpaired) electrons. The molecule has 0 bridgehead atoms. The Morgan fingerprint density at radius 2 is 1.52 bits per heavy atom. The first-order chi connectivity index (χ1) is 10.3. The van der Waals surface area contributed by atoms with E-state index in [0.29, 0.717) is 0 Å². The highest BCUT2D eigenvalue weighted by molar-refractivity contribution is 7.11. The van der Waals surface area contributed by atoms with E-state index in [4.69, 9.17) is 11.6 Å². The van der Waals surface area contributed by atoms with Crippen molar-refractivity contribution in [1.29, 1.82) is 0 Å². The van der Waals surface area contributed by atoms with Crippen molar-refractivity contribution in [2.24, 2.45) is 0 Å².